The zero-order chi connectivity index (χ0) is 24.2. The van der Waals surface area contributed by atoms with Gasteiger partial charge in [-0.1, -0.05) is 18.2 Å². The predicted molar refractivity (Wildman–Crippen MR) is 138 cm³/mol. The summed E-state index contributed by atoms with van der Waals surface area (Å²) < 4.78 is 13.3. The fourth-order valence-corrected chi connectivity index (χ4v) is 3.90. The number of nitrogens with one attached hydrogen (secondary N) is 2. The van der Waals surface area contributed by atoms with Gasteiger partial charge in [-0.25, -0.2) is 9.97 Å². The van der Waals surface area contributed by atoms with Crippen molar-refractivity contribution in [2.75, 3.05) is 41.8 Å². The molecule has 0 spiro atoms. The van der Waals surface area contributed by atoms with E-state index in [9.17, 15) is 0 Å². The summed E-state index contributed by atoms with van der Waals surface area (Å²) in [6.07, 6.45) is 7.33. The summed E-state index contributed by atoms with van der Waals surface area (Å²) in [5.41, 5.74) is 2.49. The Bertz CT molecular complexity index is 1450. The molecule has 1 aliphatic heterocycles. The Morgan fingerprint density at radius 2 is 1.72 bits per heavy atom. The molecule has 2 N–H and O–H groups in total. The first kappa shape index (κ1) is 21.8. The van der Waals surface area contributed by atoms with Gasteiger partial charge in [0.05, 0.1) is 25.1 Å². The minimum absolute atomic E-state index is 0.460. The molecule has 0 aliphatic carbocycles. The van der Waals surface area contributed by atoms with E-state index in [1.165, 1.54) is 0 Å². The van der Waals surface area contributed by atoms with Crippen LogP contribution in [-0.2, 0) is 4.74 Å². The van der Waals surface area contributed by atoms with E-state index in [0.717, 1.165) is 41.7 Å². The number of rotatable bonds is 7. The Morgan fingerprint density at radius 3 is 2.56 bits per heavy atom. The quantitative estimate of drug-likeness (QED) is 0.345. The van der Waals surface area contributed by atoms with Crippen LogP contribution in [-0.4, -0.2) is 50.6 Å². The molecule has 5 heterocycles. The standard InChI is InChI=1S/C26H24N8O2/c1-2-4-21(5-3-1)36-25-7-6-20(18-28-25)30-26-31-22(17-24(32-26)34-12-14-35-15-13-34)29-19-8-10-33-11-9-27-23(33)16-19/h1-11,16-18H,12-15H2,(H2,29,30,31,32). The van der Waals surface area contributed by atoms with Crippen LogP contribution in [0.25, 0.3) is 5.65 Å². The Kier molecular flexibility index (Phi) is 5.99. The highest BCUT2D eigenvalue weighted by atomic mass is 16.5. The number of anilines is 5. The van der Waals surface area contributed by atoms with Crippen LogP contribution in [0.3, 0.4) is 0 Å². The van der Waals surface area contributed by atoms with E-state index in [-0.39, 0.29) is 0 Å². The number of nitrogens with zero attached hydrogens (tertiary/aromatic N) is 6. The fourth-order valence-electron chi connectivity index (χ4n) is 3.90. The summed E-state index contributed by atoms with van der Waals surface area (Å²) in [6.45, 7) is 2.86. The zero-order valence-corrected chi connectivity index (χ0v) is 19.4. The largest absolute Gasteiger partial charge is 0.439 e. The van der Waals surface area contributed by atoms with Crippen LogP contribution in [0.2, 0.25) is 0 Å². The van der Waals surface area contributed by atoms with Gasteiger partial charge in [0, 0.05) is 55.6 Å². The normalized spacial score (nSPS) is 13.5. The lowest BCUT2D eigenvalue weighted by Crippen LogP contribution is -2.36. The van der Waals surface area contributed by atoms with Crippen molar-refractivity contribution in [3.05, 3.63) is 85.5 Å². The fraction of sp³-hybridized carbons (Fsp3) is 0.154. The second-order valence-electron chi connectivity index (χ2n) is 8.19. The molecule has 1 fully saturated rings. The molecule has 36 heavy (non-hydrogen) atoms. The smallest absolute Gasteiger partial charge is 0.231 e. The van der Waals surface area contributed by atoms with Crippen LogP contribution in [0.1, 0.15) is 0 Å². The third kappa shape index (κ3) is 5.03. The van der Waals surface area contributed by atoms with Gasteiger partial charge in [0.25, 0.3) is 0 Å². The molecule has 1 saturated heterocycles. The van der Waals surface area contributed by atoms with Crippen molar-refractivity contribution in [3.63, 3.8) is 0 Å². The first-order chi connectivity index (χ1) is 17.8. The third-order valence-electron chi connectivity index (χ3n) is 5.68. The molecule has 0 radical (unpaired) electrons. The summed E-state index contributed by atoms with van der Waals surface area (Å²) in [5, 5.41) is 6.66. The lowest BCUT2D eigenvalue weighted by atomic mass is 10.3. The van der Waals surface area contributed by atoms with Crippen molar-refractivity contribution in [2.24, 2.45) is 0 Å². The molecule has 5 aromatic rings. The van der Waals surface area contributed by atoms with Crippen molar-refractivity contribution >= 4 is 34.6 Å². The van der Waals surface area contributed by atoms with Crippen LogP contribution in [0.4, 0.5) is 29.0 Å². The Labute approximate surface area is 207 Å². The SMILES string of the molecule is c1ccc(Oc2ccc(Nc3nc(Nc4ccn5ccnc5c4)cc(N4CCOCC4)n3)cn2)cc1. The van der Waals surface area contributed by atoms with Crippen LogP contribution < -0.4 is 20.3 Å². The highest BCUT2D eigenvalue weighted by Gasteiger charge is 2.16. The van der Waals surface area contributed by atoms with Crippen LogP contribution in [0.15, 0.2) is 85.5 Å². The molecule has 6 rings (SSSR count). The monoisotopic (exact) mass is 480 g/mol. The molecular formula is C26H24N8O2. The van der Waals surface area contributed by atoms with Gasteiger partial charge in [0.15, 0.2) is 0 Å². The van der Waals surface area contributed by atoms with E-state index in [2.05, 4.69) is 25.5 Å². The van der Waals surface area contributed by atoms with E-state index in [1.54, 1.807) is 18.5 Å². The Balaban J connectivity index is 1.24. The number of para-hydroxylation sites is 1. The number of hydrogen-bond donors (Lipinski definition) is 2. The van der Waals surface area contributed by atoms with Gasteiger partial charge in [0.2, 0.25) is 11.8 Å². The molecule has 1 aliphatic rings. The molecule has 10 nitrogen and oxygen atoms in total. The average molecular weight is 481 g/mol. The van der Waals surface area contributed by atoms with Crippen LogP contribution >= 0.6 is 0 Å². The molecule has 0 bridgehead atoms. The summed E-state index contributed by atoms with van der Waals surface area (Å²) in [5.74, 6) is 3.18. The highest BCUT2D eigenvalue weighted by Crippen LogP contribution is 2.25. The van der Waals surface area contributed by atoms with Gasteiger partial charge in [-0.15, -0.1) is 0 Å². The molecule has 1 aromatic carbocycles. The van der Waals surface area contributed by atoms with Crippen molar-refractivity contribution in [3.8, 4) is 11.6 Å². The minimum atomic E-state index is 0.460. The minimum Gasteiger partial charge on any atom is -0.439 e. The number of imidazole rings is 1. The number of morpholine rings is 1. The summed E-state index contributed by atoms with van der Waals surface area (Å²) in [7, 11) is 0. The van der Waals surface area contributed by atoms with Crippen molar-refractivity contribution in [1.29, 1.82) is 0 Å². The van der Waals surface area contributed by atoms with Gasteiger partial charge >= 0.3 is 0 Å². The predicted octanol–water partition coefficient (Wildman–Crippen LogP) is 4.64. The zero-order valence-electron chi connectivity index (χ0n) is 19.4. The maximum absolute atomic E-state index is 5.79. The lowest BCUT2D eigenvalue weighted by molar-refractivity contribution is 0.122. The van der Waals surface area contributed by atoms with E-state index in [4.69, 9.17) is 19.4 Å². The number of fused-ring (bicyclic) bond motifs is 1. The number of aromatic nitrogens is 5. The van der Waals surface area contributed by atoms with Crippen molar-refractivity contribution < 1.29 is 9.47 Å². The number of ether oxygens (including phenoxy) is 2. The number of benzene rings is 1. The Hall–Kier alpha value is -4.70. The molecule has 0 atom stereocenters. The second-order valence-corrected chi connectivity index (χ2v) is 8.19. The molecule has 0 saturated carbocycles. The topological polar surface area (TPSA) is 102 Å². The first-order valence-corrected chi connectivity index (χ1v) is 11.7. The summed E-state index contributed by atoms with van der Waals surface area (Å²) >= 11 is 0. The van der Waals surface area contributed by atoms with Crippen LogP contribution in [0.5, 0.6) is 11.6 Å². The van der Waals surface area contributed by atoms with Gasteiger partial charge < -0.3 is 29.4 Å². The number of hydrogen-bond acceptors (Lipinski definition) is 9. The molecule has 0 unspecified atom stereocenters. The molecule has 10 heteroatoms. The van der Waals surface area contributed by atoms with Crippen molar-refractivity contribution in [1.82, 2.24) is 24.3 Å². The summed E-state index contributed by atoms with van der Waals surface area (Å²) in [4.78, 5) is 20.4. The van der Waals surface area contributed by atoms with E-state index >= 15 is 0 Å². The van der Waals surface area contributed by atoms with Gasteiger partial charge in [0.1, 0.15) is 23.0 Å². The third-order valence-corrected chi connectivity index (χ3v) is 5.68. The average Bonchev–Trinajstić information content (AvgIpc) is 3.39. The Morgan fingerprint density at radius 1 is 0.833 bits per heavy atom. The lowest BCUT2D eigenvalue weighted by Gasteiger charge is -2.28. The number of pyridine rings is 2. The van der Waals surface area contributed by atoms with Crippen molar-refractivity contribution in [2.45, 2.75) is 0 Å². The molecule has 0 amide bonds. The molecule has 4 aromatic heterocycles. The molecule has 180 valence electrons. The van der Waals surface area contributed by atoms with E-state index < -0.39 is 0 Å². The first-order valence-electron chi connectivity index (χ1n) is 11.7. The van der Waals surface area contributed by atoms with Gasteiger partial charge in [-0.3, -0.25) is 0 Å². The van der Waals surface area contributed by atoms with Crippen LogP contribution in [0, 0.1) is 0 Å². The summed E-state index contributed by atoms with van der Waals surface area (Å²) in [6, 6.07) is 19.1. The van der Waals surface area contributed by atoms with Gasteiger partial charge in [-0.2, -0.15) is 9.97 Å². The van der Waals surface area contributed by atoms with E-state index in [0.29, 0.717) is 30.9 Å². The van der Waals surface area contributed by atoms with E-state index in [1.807, 2.05) is 71.4 Å². The van der Waals surface area contributed by atoms with Gasteiger partial charge in [-0.05, 0) is 24.3 Å². The maximum Gasteiger partial charge on any atom is 0.231 e. The highest BCUT2D eigenvalue weighted by molar-refractivity contribution is 5.66. The second kappa shape index (κ2) is 9.88. The molecular weight excluding hydrogens is 456 g/mol. The maximum atomic E-state index is 5.79.